The number of nitrogens with zero attached hydrogens (tertiary/aromatic N) is 2. The first-order chi connectivity index (χ1) is 8.20. The fourth-order valence-electron chi connectivity index (χ4n) is 1.90. The highest BCUT2D eigenvalue weighted by Crippen LogP contribution is 2.20. The lowest BCUT2D eigenvalue weighted by atomic mass is 10.2. The van der Waals surface area contributed by atoms with Crippen LogP contribution < -0.4 is 9.64 Å². The SMILES string of the molecule is COc1ccc(N2CCN(S(=O)O)CC2)cc1. The third-order valence-corrected chi connectivity index (χ3v) is 3.70. The summed E-state index contributed by atoms with van der Waals surface area (Å²) in [7, 11) is 1.64. The van der Waals surface area contributed by atoms with Gasteiger partial charge in [-0.25, -0.2) is 4.21 Å². The molecule has 0 amide bonds. The second-order valence-corrected chi connectivity index (χ2v) is 4.82. The van der Waals surface area contributed by atoms with E-state index in [0.29, 0.717) is 13.1 Å². The van der Waals surface area contributed by atoms with Crippen molar-refractivity contribution in [3.8, 4) is 5.75 Å². The second kappa shape index (κ2) is 5.48. The maximum Gasteiger partial charge on any atom is 0.234 e. The van der Waals surface area contributed by atoms with Crippen LogP contribution in [0.1, 0.15) is 0 Å². The molecule has 6 heteroatoms. The van der Waals surface area contributed by atoms with Gasteiger partial charge in [0.2, 0.25) is 11.3 Å². The molecule has 5 nitrogen and oxygen atoms in total. The Kier molecular flexibility index (Phi) is 3.98. The van der Waals surface area contributed by atoms with Crippen LogP contribution in [0.3, 0.4) is 0 Å². The lowest BCUT2D eigenvalue weighted by Crippen LogP contribution is -2.46. The van der Waals surface area contributed by atoms with E-state index in [0.717, 1.165) is 24.5 Å². The van der Waals surface area contributed by atoms with Crippen LogP contribution in [0.25, 0.3) is 0 Å². The Hall–Kier alpha value is -1.11. The molecule has 1 fully saturated rings. The summed E-state index contributed by atoms with van der Waals surface area (Å²) >= 11 is -1.84. The van der Waals surface area contributed by atoms with Gasteiger partial charge >= 0.3 is 0 Å². The van der Waals surface area contributed by atoms with E-state index in [1.165, 1.54) is 0 Å². The van der Waals surface area contributed by atoms with Crippen LogP contribution in [0.4, 0.5) is 5.69 Å². The Morgan fingerprint density at radius 1 is 1.18 bits per heavy atom. The molecule has 1 aliphatic heterocycles. The zero-order chi connectivity index (χ0) is 12.3. The molecule has 1 aromatic carbocycles. The maximum absolute atomic E-state index is 10.9. The van der Waals surface area contributed by atoms with Crippen molar-refractivity contribution in [1.82, 2.24) is 4.31 Å². The molecule has 1 aromatic rings. The first kappa shape index (κ1) is 12.3. The third-order valence-electron chi connectivity index (χ3n) is 2.90. The Balaban J connectivity index is 1.97. The van der Waals surface area contributed by atoms with Crippen molar-refractivity contribution < 1.29 is 13.5 Å². The molecule has 0 aliphatic carbocycles. The minimum absolute atomic E-state index is 0.606. The molecule has 1 saturated heterocycles. The smallest absolute Gasteiger partial charge is 0.234 e. The van der Waals surface area contributed by atoms with Gasteiger partial charge in [-0.2, -0.15) is 4.31 Å². The van der Waals surface area contributed by atoms with Gasteiger partial charge in [0.15, 0.2) is 0 Å². The van der Waals surface area contributed by atoms with E-state index in [2.05, 4.69) is 4.90 Å². The molecule has 1 N–H and O–H groups in total. The largest absolute Gasteiger partial charge is 0.497 e. The van der Waals surface area contributed by atoms with Crippen LogP contribution in [-0.4, -0.2) is 46.4 Å². The molecule has 2 rings (SSSR count). The predicted molar refractivity (Wildman–Crippen MR) is 67.6 cm³/mol. The summed E-state index contributed by atoms with van der Waals surface area (Å²) in [5, 5.41) is 0. The van der Waals surface area contributed by atoms with Gasteiger partial charge in [-0.05, 0) is 24.3 Å². The van der Waals surface area contributed by atoms with E-state index in [-0.39, 0.29) is 0 Å². The number of methoxy groups -OCH3 is 1. The van der Waals surface area contributed by atoms with Crippen molar-refractivity contribution in [2.75, 3.05) is 38.2 Å². The molecule has 1 heterocycles. The fraction of sp³-hybridized carbons (Fsp3) is 0.455. The molecule has 17 heavy (non-hydrogen) atoms. The zero-order valence-electron chi connectivity index (χ0n) is 9.70. The highest BCUT2D eigenvalue weighted by Gasteiger charge is 2.20. The summed E-state index contributed by atoms with van der Waals surface area (Å²) in [6.07, 6.45) is 0. The van der Waals surface area contributed by atoms with E-state index in [9.17, 15) is 4.21 Å². The molecule has 0 bridgehead atoms. The second-order valence-electron chi connectivity index (χ2n) is 3.84. The monoisotopic (exact) mass is 256 g/mol. The van der Waals surface area contributed by atoms with Gasteiger partial charge in [0.1, 0.15) is 5.75 Å². The summed E-state index contributed by atoms with van der Waals surface area (Å²) in [6.45, 7) is 2.74. The molecule has 94 valence electrons. The standard InChI is InChI=1S/C11H16N2O3S/c1-16-11-4-2-10(3-5-11)12-6-8-13(9-7-12)17(14)15/h2-5H,6-9H2,1H3,(H,14,15). The van der Waals surface area contributed by atoms with Crippen LogP contribution in [0.5, 0.6) is 5.75 Å². The quantitative estimate of drug-likeness (QED) is 0.818. The van der Waals surface area contributed by atoms with Crippen molar-refractivity contribution in [2.24, 2.45) is 0 Å². The number of benzene rings is 1. The Morgan fingerprint density at radius 3 is 2.24 bits per heavy atom. The summed E-state index contributed by atoms with van der Waals surface area (Å²) in [4.78, 5) is 2.20. The minimum atomic E-state index is -1.84. The molecule has 0 spiro atoms. The molecule has 0 aromatic heterocycles. The number of ether oxygens (including phenoxy) is 1. The number of anilines is 1. The van der Waals surface area contributed by atoms with Gasteiger partial charge in [0.25, 0.3) is 0 Å². The van der Waals surface area contributed by atoms with Crippen LogP contribution in [-0.2, 0) is 11.3 Å². The Bertz CT molecular complexity index is 388. The minimum Gasteiger partial charge on any atom is -0.497 e. The molecule has 1 atom stereocenters. The summed E-state index contributed by atoms with van der Waals surface area (Å²) in [6, 6.07) is 7.85. The van der Waals surface area contributed by atoms with Crippen molar-refractivity contribution >= 4 is 17.0 Å². The van der Waals surface area contributed by atoms with E-state index in [1.807, 2.05) is 24.3 Å². The number of hydrogen-bond donors (Lipinski definition) is 1. The van der Waals surface area contributed by atoms with E-state index >= 15 is 0 Å². The average molecular weight is 256 g/mol. The van der Waals surface area contributed by atoms with Gasteiger partial charge in [-0.15, -0.1) is 0 Å². The molecule has 1 unspecified atom stereocenters. The number of rotatable bonds is 3. The van der Waals surface area contributed by atoms with Crippen LogP contribution in [0.15, 0.2) is 24.3 Å². The number of piperazine rings is 1. The van der Waals surface area contributed by atoms with Crippen molar-refractivity contribution in [3.63, 3.8) is 0 Å². The van der Waals surface area contributed by atoms with E-state index in [4.69, 9.17) is 9.29 Å². The maximum atomic E-state index is 10.9. The van der Waals surface area contributed by atoms with Crippen LogP contribution in [0.2, 0.25) is 0 Å². The summed E-state index contributed by atoms with van der Waals surface area (Å²) in [5.41, 5.74) is 1.12. The number of hydrogen-bond acceptors (Lipinski definition) is 3. The first-order valence-electron chi connectivity index (χ1n) is 5.45. The summed E-state index contributed by atoms with van der Waals surface area (Å²) < 4.78 is 26.5. The van der Waals surface area contributed by atoms with Crippen LogP contribution >= 0.6 is 0 Å². The lowest BCUT2D eigenvalue weighted by molar-refractivity contribution is 0.373. The average Bonchev–Trinajstić information content (AvgIpc) is 2.39. The molecule has 0 radical (unpaired) electrons. The molecular formula is C11H16N2O3S. The topological polar surface area (TPSA) is 53.0 Å². The van der Waals surface area contributed by atoms with Gasteiger partial charge in [-0.1, -0.05) is 0 Å². The van der Waals surface area contributed by atoms with Crippen LogP contribution in [0, 0.1) is 0 Å². The summed E-state index contributed by atoms with van der Waals surface area (Å²) in [5.74, 6) is 0.837. The predicted octanol–water partition coefficient (Wildman–Crippen LogP) is 0.954. The van der Waals surface area contributed by atoms with E-state index < -0.39 is 11.3 Å². The van der Waals surface area contributed by atoms with Gasteiger partial charge in [-0.3, -0.25) is 4.55 Å². The Labute approximate surface area is 103 Å². The van der Waals surface area contributed by atoms with Gasteiger partial charge in [0.05, 0.1) is 7.11 Å². The Morgan fingerprint density at radius 2 is 1.76 bits per heavy atom. The molecular weight excluding hydrogens is 240 g/mol. The normalized spacial score (nSPS) is 19.1. The van der Waals surface area contributed by atoms with Crippen molar-refractivity contribution in [2.45, 2.75) is 0 Å². The lowest BCUT2D eigenvalue weighted by Gasteiger charge is -2.33. The highest BCUT2D eigenvalue weighted by molar-refractivity contribution is 7.76. The van der Waals surface area contributed by atoms with E-state index in [1.54, 1.807) is 11.4 Å². The van der Waals surface area contributed by atoms with Crippen molar-refractivity contribution in [1.29, 1.82) is 0 Å². The zero-order valence-corrected chi connectivity index (χ0v) is 10.5. The molecule has 1 aliphatic rings. The third kappa shape index (κ3) is 2.96. The first-order valence-corrected chi connectivity index (χ1v) is 6.52. The molecule has 0 saturated carbocycles. The van der Waals surface area contributed by atoms with Gasteiger partial charge in [0, 0.05) is 31.9 Å². The van der Waals surface area contributed by atoms with Crippen molar-refractivity contribution in [3.05, 3.63) is 24.3 Å². The fourth-order valence-corrected chi connectivity index (χ4v) is 2.37. The highest BCUT2D eigenvalue weighted by atomic mass is 32.2. The van der Waals surface area contributed by atoms with Gasteiger partial charge < -0.3 is 9.64 Å².